The molecule has 1 saturated heterocycles. The van der Waals surface area contributed by atoms with E-state index in [-0.39, 0.29) is 17.6 Å². The van der Waals surface area contributed by atoms with Crippen molar-refractivity contribution in [1.82, 2.24) is 9.88 Å². The smallest absolute Gasteiger partial charge is 0.182 e. The van der Waals surface area contributed by atoms with Gasteiger partial charge in [0.05, 0.1) is 6.04 Å². The largest absolute Gasteiger partial charge is 0.360 e. The standard InChI is InChI=1S/C14H15FN2O/c1-17-7-3-6-12(17)14(18)9-8-16-11-5-2-4-10(15)13(9)11/h2,4-5,8,12,16H,3,6-7H2,1H3. The predicted octanol–water partition coefficient (Wildman–Crippen LogP) is 2.58. The number of likely N-dealkylation sites (tertiary alicyclic amines) is 1. The summed E-state index contributed by atoms with van der Waals surface area (Å²) in [4.78, 5) is 17.5. The highest BCUT2D eigenvalue weighted by Gasteiger charge is 2.30. The first kappa shape index (κ1) is 11.4. The summed E-state index contributed by atoms with van der Waals surface area (Å²) in [6, 6.07) is 4.71. The molecule has 0 radical (unpaired) electrons. The van der Waals surface area contributed by atoms with E-state index in [1.807, 2.05) is 11.9 Å². The lowest BCUT2D eigenvalue weighted by Gasteiger charge is -2.17. The third-order valence-electron chi connectivity index (χ3n) is 3.74. The van der Waals surface area contributed by atoms with Gasteiger partial charge in [0.15, 0.2) is 5.78 Å². The number of aromatic nitrogens is 1. The lowest BCUT2D eigenvalue weighted by Crippen LogP contribution is -2.32. The SMILES string of the molecule is CN1CCCC1C(=O)c1c[nH]c2cccc(F)c12. The molecule has 1 aromatic carbocycles. The molecule has 0 saturated carbocycles. The molecule has 1 N–H and O–H groups in total. The summed E-state index contributed by atoms with van der Waals surface area (Å²) in [5.74, 6) is -0.316. The summed E-state index contributed by atoms with van der Waals surface area (Å²) in [5, 5.41) is 0.419. The number of likely N-dealkylation sites (N-methyl/N-ethyl adjacent to an activating group) is 1. The first-order chi connectivity index (χ1) is 8.68. The van der Waals surface area contributed by atoms with Crippen LogP contribution in [0.4, 0.5) is 4.39 Å². The normalized spacial score (nSPS) is 20.7. The van der Waals surface area contributed by atoms with Crippen molar-refractivity contribution >= 4 is 16.7 Å². The van der Waals surface area contributed by atoms with Gasteiger partial charge < -0.3 is 4.98 Å². The Balaban J connectivity index is 2.07. The van der Waals surface area contributed by atoms with Gasteiger partial charge in [0.2, 0.25) is 0 Å². The zero-order valence-electron chi connectivity index (χ0n) is 10.2. The summed E-state index contributed by atoms with van der Waals surface area (Å²) >= 11 is 0. The predicted molar refractivity (Wildman–Crippen MR) is 68.2 cm³/mol. The summed E-state index contributed by atoms with van der Waals surface area (Å²) in [7, 11) is 1.95. The minimum Gasteiger partial charge on any atom is -0.360 e. The number of rotatable bonds is 2. The van der Waals surface area contributed by atoms with Crippen molar-refractivity contribution in [2.45, 2.75) is 18.9 Å². The fourth-order valence-electron chi connectivity index (χ4n) is 2.76. The van der Waals surface area contributed by atoms with Crippen molar-refractivity contribution in [2.24, 2.45) is 0 Å². The molecule has 1 aliphatic heterocycles. The van der Waals surface area contributed by atoms with Crippen molar-refractivity contribution in [3.05, 3.63) is 35.8 Å². The molecule has 0 spiro atoms. The second-order valence-corrected chi connectivity index (χ2v) is 4.87. The number of ketones is 1. The lowest BCUT2D eigenvalue weighted by atomic mass is 10.0. The molecular formula is C14H15FN2O. The fourth-order valence-corrected chi connectivity index (χ4v) is 2.76. The number of nitrogens with zero attached hydrogens (tertiary/aromatic N) is 1. The zero-order chi connectivity index (χ0) is 12.7. The number of Topliss-reactive ketones (excluding diaryl/α,β-unsaturated/α-hetero) is 1. The molecular weight excluding hydrogens is 231 g/mol. The molecule has 18 heavy (non-hydrogen) atoms. The average molecular weight is 246 g/mol. The van der Waals surface area contributed by atoms with Gasteiger partial charge in [-0.1, -0.05) is 6.07 Å². The van der Waals surface area contributed by atoms with Gasteiger partial charge in [-0.25, -0.2) is 4.39 Å². The summed E-state index contributed by atoms with van der Waals surface area (Å²) in [6.45, 7) is 0.932. The number of fused-ring (bicyclic) bond motifs is 1. The molecule has 2 aromatic rings. The molecule has 0 aliphatic carbocycles. The van der Waals surface area contributed by atoms with Gasteiger partial charge in [-0.05, 0) is 38.6 Å². The van der Waals surface area contributed by atoms with Gasteiger partial charge >= 0.3 is 0 Å². The van der Waals surface area contributed by atoms with Gasteiger partial charge in [0.25, 0.3) is 0 Å². The summed E-state index contributed by atoms with van der Waals surface area (Å²) in [5.41, 5.74) is 1.15. The van der Waals surface area contributed by atoms with E-state index in [0.717, 1.165) is 19.4 Å². The Labute approximate surface area is 105 Å². The lowest BCUT2D eigenvalue weighted by molar-refractivity contribution is 0.0892. The third-order valence-corrected chi connectivity index (χ3v) is 3.74. The van der Waals surface area contributed by atoms with E-state index in [1.54, 1.807) is 18.3 Å². The zero-order valence-corrected chi connectivity index (χ0v) is 10.2. The van der Waals surface area contributed by atoms with Crippen LogP contribution in [-0.2, 0) is 0 Å². The van der Waals surface area contributed by atoms with Crippen molar-refractivity contribution in [2.75, 3.05) is 13.6 Å². The highest BCUT2D eigenvalue weighted by atomic mass is 19.1. The Morgan fingerprint density at radius 1 is 1.50 bits per heavy atom. The molecule has 3 rings (SSSR count). The molecule has 0 bridgehead atoms. The number of benzene rings is 1. The summed E-state index contributed by atoms with van der Waals surface area (Å²) < 4.78 is 13.8. The fraction of sp³-hybridized carbons (Fsp3) is 0.357. The van der Waals surface area contributed by atoms with Crippen LogP contribution in [0.2, 0.25) is 0 Å². The molecule has 4 heteroatoms. The quantitative estimate of drug-likeness (QED) is 0.827. The van der Waals surface area contributed by atoms with Crippen LogP contribution in [0.1, 0.15) is 23.2 Å². The monoisotopic (exact) mass is 246 g/mol. The third kappa shape index (κ3) is 1.64. The van der Waals surface area contributed by atoms with Crippen LogP contribution >= 0.6 is 0 Å². The van der Waals surface area contributed by atoms with E-state index in [4.69, 9.17) is 0 Å². The highest BCUT2D eigenvalue weighted by Crippen LogP contribution is 2.26. The van der Waals surface area contributed by atoms with Crippen LogP contribution in [0.25, 0.3) is 10.9 Å². The maximum absolute atomic E-state index is 13.8. The minimum atomic E-state index is -0.335. The summed E-state index contributed by atoms with van der Waals surface area (Å²) in [6.07, 6.45) is 3.51. The molecule has 2 heterocycles. The van der Waals surface area contributed by atoms with Gasteiger partial charge in [-0.15, -0.1) is 0 Å². The number of carbonyl (C=O) groups is 1. The van der Waals surface area contributed by atoms with Crippen molar-refractivity contribution in [3.63, 3.8) is 0 Å². The highest BCUT2D eigenvalue weighted by molar-refractivity contribution is 6.10. The van der Waals surface area contributed by atoms with Crippen molar-refractivity contribution in [1.29, 1.82) is 0 Å². The number of nitrogens with one attached hydrogen (secondary N) is 1. The van der Waals surface area contributed by atoms with Crippen LogP contribution in [0.15, 0.2) is 24.4 Å². The van der Waals surface area contributed by atoms with Crippen LogP contribution in [-0.4, -0.2) is 35.3 Å². The number of H-pyrrole nitrogens is 1. The van der Waals surface area contributed by atoms with Gasteiger partial charge in [0, 0.05) is 22.7 Å². The van der Waals surface area contributed by atoms with Crippen LogP contribution < -0.4 is 0 Å². The molecule has 1 fully saturated rings. The van der Waals surface area contributed by atoms with Gasteiger partial charge in [-0.3, -0.25) is 9.69 Å². The first-order valence-corrected chi connectivity index (χ1v) is 6.18. The van der Waals surface area contributed by atoms with E-state index >= 15 is 0 Å². The number of hydrogen-bond donors (Lipinski definition) is 1. The van der Waals surface area contributed by atoms with E-state index in [0.29, 0.717) is 16.5 Å². The first-order valence-electron chi connectivity index (χ1n) is 6.18. The Morgan fingerprint density at radius 3 is 3.06 bits per heavy atom. The molecule has 1 atom stereocenters. The maximum atomic E-state index is 13.8. The Morgan fingerprint density at radius 2 is 2.33 bits per heavy atom. The van der Waals surface area contributed by atoms with E-state index in [2.05, 4.69) is 4.98 Å². The van der Waals surface area contributed by atoms with E-state index in [9.17, 15) is 9.18 Å². The van der Waals surface area contributed by atoms with Crippen molar-refractivity contribution in [3.8, 4) is 0 Å². The number of aromatic amines is 1. The van der Waals surface area contributed by atoms with Crippen molar-refractivity contribution < 1.29 is 9.18 Å². The van der Waals surface area contributed by atoms with Crippen LogP contribution in [0, 0.1) is 5.82 Å². The molecule has 1 aromatic heterocycles. The number of halogens is 1. The van der Waals surface area contributed by atoms with E-state index in [1.165, 1.54) is 6.07 Å². The van der Waals surface area contributed by atoms with Gasteiger partial charge in [0.1, 0.15) is 5.82 Å². The average Bonchev–Trinajstić information content (AvgIpc) is 2.95. The second-order valence-electron chi connectivity index (χ2n) is 4.87. The molecule has 94 valence electrons. The molecule has 1 unspecified atom stereocenters. The number of hydrogen-bond acceptors (Lipinski definition) is 2. The number of carbonyl (C=O) groups excluding carboxylic acids is 1. The Kier molecular flexibility index (Phi) is 2.67. The topological polar surface area (TPSA) is 36.1 Å². The Hall–Kier alpha value is -1.68. The van der Waals surface area contributed by atoms with Crippen LogP contribution in [0.5, 0.6) is 0 Å². The molecule has 3 nitrogen and oxygen atoms in total. The van der Waals surface area contributed by atoms with Crippen LogP contribution in [0.3, 0.4) is 0 Å². The Bertz CT molecular complexity index is 605. The second kappa shape index (κ2) is 4.21. The van der Waals surface area contributed by atoms with E-state index < -0.39 is 0 Å². The molecule has 0 amide bonds. The minimum absolute atomic E-state index is 0.0198. The maximum Gasteiger partial charge on any atom is 0.182 e. The molecule has 1 aliphatic rings. The van der Waals surface area contributed by atoms with Gasteiger partial charge in [-0.2, -0.15) is 0 Å².